The Morgan fingerprint density at radius 3 is 2.05 bits per heavy atom. The van der Waals surface area contributed by atoms with Crippen molar-refractivity contribution in [3.05, 3.63) is 0 Å². The Labute approximate surface area is 127 Å². The lowest BCUT2D eigenvalue weighted by molar-refractivity contribution is -0.142. The van der Waals surface area contributed by atoms with E-state index in [4.69, 9.17) is 0 Å². The number of hydrogen-bond donors (Lipinski definition) is 3. The fourth-order valence-electron chi connectivity index (χ4n) is 2.10. The van der Waals surface area contributed by atoms with Crippen molar-refractivity contribution < 1.29 is 19.8 Å². The highest BCUT2D eigenvalue weighted by Crippen LogP contribution is 2.24. The topological polar surface area (TPSA) is 89.9 Å². The van der Waals surface area contributed by atoms with E-state index in [0.717, 1.165) is 0 Å². The Bertz CT molecular complexity index is 356. The number of carbonyl (C=O) groups is 2. The van der Waals surface area contributed by atoms with Crippen molar-refractivity contribution in [2.45, 2.75) is 53.6 Å². The first-order chi connectivity index (χ1) is 9.35. The van der Waals surface area contributed by atoms with Crippen LogP contribution < -0.4 is 5.32 Å². The van der Waals surface area contributed by atoms with Crippen LogP contribution >= 0.6 is 0 Å². The molecule has 0 aromatic heterocycles. The molecular weight excluding hydrogens is 272 g/mol. The van der Waals surface area contributed by atoms with E-state index in [1.54, 1.807) is 13.8 Å². The van der Waals surface area contributed by atoms with Gasteiger partial charge in [-0.2, -0.15) is 0 Å². The standard InChI is InChI=1S/C15H30N2O4/c1-7-17(10-15(5,6)21)13(20)16-9-11(12(18)19)8-14(2,3)4/h11,21H,7-10H2,1-6H3,(H,16,20)(H,18,19). The summed E-state index contributed by atoms with van der Waals surface area (Å²) in [4.78, 5) is 24.8. The van der Waals surface area contributed by atoms with Gasteiger partial charge in [-0.15, -0.1) is 0 Å². The number of carbonyl (C=O) groups excluding carboxylic acids is 1. The average Bonchev–Trinajstić information content (AvgIpc) is 2.28. The zero-order valence-corrected chi connectivity index (χ0v) is 14.1. The molecule has 0 radical (unpaired) electrons. The third-order valence-electron chi connectivity index (χ3n) is 2.95. The number of nitrogens with zero attached hydrogens (tertiary/aromatic N) is 1. The maximum Gasteiger partial charge on any atom is 0.317 e. The summed E-state index contributed by atoms with van der Waals surface area (Å²) >= 11 is 0. The van der Waals surface area contributed by atoms with Gasteiger partial charge in [0.2, 0.25) is 0 Å². The van der Waals surface area contributed by atoms with Crippen LogP contribution in [0, 0.1) is 11.3 Å². The summed E-state index contributed by atoms with van der Waals surface area (Å²) in [5.41, 5.74) is -1.10. The highest BCUT2D eigenvalue weighted by Gasteiger charge is 2.26. The van der Waals surface area contributed by atoms with Crippen molar-refractivity contribution in [3.63, 3.8) is 0 Å². The van der Waals surface area contributed by atoms with E-state index in [1.165, 1.54) is 4.90 Å². The molecule has 21 heavy (non-hydrogen) atoms. The molecule has 2 amide bonds. The molecule has 0 heterocycles. The summed E-state index contributed by atoms with van der Waals surface area (Å²) in [5, 5.41) is 21.7. The van der Waals surface area contributed by atoms with Crippen LogP contribution in [-0.2, 0) is 4.79 Å². The number of amides is 2. The van der Waals surface area contributed by atoms with Crippen LogP contribution in [0.25, 0.3) is 0 Å². The van der Waals surface area contributed by atoms with E-state index in [2.05, 4.69) is 5.32 Å². The lowest BCUT2D eigenvalue weighted by Gasteiger charge is -2.29. The minimum Gasteiger partial charge on any atom is -0.481 e. The maximum atomic E-state index is 12.1. The number of aliphatic hydroxyl groups is 1. The minimum atomic E-state index is -0.981. The predicted molar refractivity (Wildman–Crippen MR) is 82.1 cm³/mol. The molecule has 6 heteroatoms. The van der Waals surface area contributed by atoms with Crippen LogP contribution in [0.4, 0.5) is 4.79 Å². The Kier molecular flexibility index (Phi) is 7.16. The fraction of sp³-hybridized carbons (Fsp3) is 0.867. The van der Waals surface area contributed by atoms with Gasteiger partial charge in [0.05, 0.1) is 18.1 Å². The molecule has 1 unspecified atom stereocenters. The molecular formula is C15H30N2O4. The number of rotatable bonds is 7. The molecule has 0 aromatic rings. The van der Waals surface area contributed by atoms with Gasteiger partial charge in [0, 0.05) is 13.1 Å². The molecule has 0 saturated carbocycles. The number of carboxylic acids is 1. The molecule has 0 aliphatic carbocycles. The average molecular weight is 302 g/mol. The minimum absolute atomic E-state index is 0.0911. The first kappa shape index (κ1) is 19.7. The van der Waals surface area contributed by atoms with Gasteiger partial charge < -0.3 is 20.4 Å². The van der Waals surface area contributed by atoms with Gasteiger partial charge >= 0.3 is 12.0 Å². The lowest BCUT2D eigenvalue weighted by atomic mass is 9.84. The normalized spacial score (nSPS) is 13.7. The van der Waals surface area contributed by atoms with Crippen LogP contribution in [0.15, 0.2) is 0 Å². The predicted octanol–water partition coefficient (Wildman–Crippen LogP) is 1.93. The summed E-state index contributed by atoms with van der Waals surface area (Å²) in [7, 11) is 0. The van der Waals surface area contributed by atoms with Crippen molar-refractivity contribution in [1.82, 2.24) is 10.2 Å². The van der Waals surface area contributed by atoms with E-state index < -0.39 is 17.5 Å². The van der Waals surface area contributed by atoms with Crippen LogP contribution in [0.1, 0.15) is 48.0 Å². The SMILES string of the molecule is CCN(CC(C)(C)O)C(=O)NCC(CC(C)(C)C)C(=O)O. The monoisotopic (exact) mass is 302 g/mol. The summed E-state index contributed by atoms with van der Waals surface area (Å²) in [6.45, 7) is 11.7. The Morgan fingerprint density at radius 1 is 1.19 bits per heavy atom. The summed E-state index contributed by atoms with van der Waals surface area (Å²) in [6.07, 6.45) is 0.486. The molecule has 0 aliphatic heterocycles. The lowest BCUT2D eigenvalue weighted by Crippen LogP contribution is -2.48. The summed E-state index contributed by atoms with van der Waals surface area (Å²) in [6, 6.07) is -0.347. The van der Waals surface area contributed by atoms with Crippen molar-refractivity contribution in [3.8, 4) is 0 Å². The van der Waals surface area contributed by atoms with Gasteiger partial charge in [-0.05, 0) is 32.6 Å². The van der Waals surface area contributed by atoms with Crippen molar-refractivity contribution >= 4 is 12.0 Å². The second-order valence-electron chi connectivity index (χ2n) is 7.31. The third kappa shape index (κ3) is 9.28. The number of carboxylic acid groups (broad SMARTS) is 1. The Morgan fingerprint density at radius 2 is 1.71 bits per heavy atom. The molecule has 0 rings (SSSR count). The second-order valence-corrected chi connectivity index (χ2v) is 7.31. The number of nitrogens with one attached hydrogen (secondary N) is 1. The zero-order chi connectivity index (χ0) is 16.8. The highest BCUT2D eigenvalue weighted by molar-refractivity contribution is 5.76. The van der Waals surface area contributed by atoms with E-state index in [0.29, 0.717) is 13.0 Å². The third-order valence-corrected chi connectivity index (χ3v) is 2.95. The molecule has 0 fully saturated rings. The molecule has 1 atom stereocenters. The second kappa shape index (κ2) is 7.64. The van der Waals surface area contributed by atoms with Gasteiger partial charge in [0.1, 0.15) is 0 Å². The quantitative estimate of drug-likeness (QED) is 0.670. The number of urea groups is 1. The van der Waals surface area contributed by atoms with E-state index >= 15 is 0 Å². The van der Waals surface area contributed by atoms with E-state index in [1.807, 2.05) is 27.7 Å². The molecule has 0 aromatic carbocycles. The van der Waals surface area contributed by atoms with Gasteiger partial charge in [-0.1, -0.05) is 20.8 Å². The largest absolute Gasteiger partial charge is 0.481 e. The number of likely N-dealkylation sites (N-methyl/N-ethyl adjacent to an activating group) is 1. The summed E-state index contributed by atoms with van der Waals surface area (Å²) in [5.74, 6) is -1.52. The van der Waals surface area contributed by atoms with Crippen LogP contribution in [0.3, 0.4) is 0 Å². The van der Waals surface area contributed by atoms with Gasteiger partial charge in [0.15, 0.2) is 0 Å². The first-order valence-corrected chi connectivity index (χ1v) is 7.33. The van der Waals surface area contributed by atoms with Crippen LogP contribution in [0.2, 0.25) is 0 Å². The van der Waals surface area contributed by atoms with Crippen LogP contribution in [0.5, 0.6) is 0 Å². The van der Waals surface area contributed by atoms with E-state index in [9.17, 15) is 19.8 Å². The van der Waals surface area contributed by atoms with Gasteiger partial charge in [-0.25, -0.2) is 4.79 Å². The molecule has 0 bridgehead atoms. The highest BCUT2D eigenvalue weighted by atomic mass is 16.4. The molecule has 124 valence electrons. The van der Waals surface area contributed by atoms with Crippen molar-refractivity contribution in [2.75, 3.05) is 19.6 Å². The molecule has 3 N–H and O–H groups in total. The van der Waals surface area contributed by atoms with Gasteiger partial charge in [-0.3, -0.25) is 4.79 Å². The molecule has 0 spiro atoms. The zero-order valence-electron chi connectivity index (χ0n) is 14.1. The van der Waals surface area contributed by atoms with Crippen molar-refractivity contribution in [2.24, 2.45) is 11.3 Å². The first-order valence-electron chi connectivity index (χ1n) is 7.33. The van der Waals surface area contributed by atoms with Crippen molar-refractivity contribution in [1.29, 1.82) is 0 Å². The Hall–Kier alpha value is -1.30. The fourth-order valence-corrected chi connectivity index (χ4v) is 2.10. The van der Waals surface area contributed by atoms with Gasteiger partial charge in [0.25, 0.3) is 0 Å². The Balaban J connectivity index is 4.57. The number of aliphatic carboxylic acids is 1. The molecule has 0 saturated heterocycles. The molecule has 6 nitrogen and oxygen atoms in total. The number of hydrogen-bond acceptors (Lipinski definition) is 3. The smallest absolute Gasteiger partial charge is 0.317 e. The van der Waals surface area contributed by atoms with E-state index in [-0.39, 0.29) is 24.5 Å². The molecule has 0 aliphatic rings. The van der Waals surface area contributed by atoms with Crippen LogP contribution in [-0.4, -0.2) is 52.3 Å². The summed E-state index contributed by atoms with van der Waals surface area (Å²) < 4.78 is 0. The maximum absolute atomic E-state index is 12.1.